The van der Waals surface area contributed by atoms with E-state index >= 15 is 0 Å². The summed E-state index contributed by atoms with van der Waals surface area (Å²) in [7, 11) is 1.34. The van der Waals surface area contributed by atoms with Crippen molar-refractivity contribution in [2.24, 2.45) is 5.73 Å². The van der Waals surface area contributed by atoms with Crippen LogP contribution >= 0.6 is 0 Å². The van der Waals surface area contributed by atoms with E-state index in [1.807, 2.05) is 6.07 Å². The Labute approximate surface area is 82.0 Å². The molecular formula is C10H17NOSi. The summed E-state index contributed by atoms with van der Waals surface area (Å²) in [6, 6.07) is 10.5. The molecule has 0 fully saturated rings. The van der Waals surface area contributed by atoms with Crippen molar-refractivity contribution in [2.75, 3.05) is 13.7 Å². The second-order valence-corrected chi connectivity index (χ2v) is 5.04. The Morgan fingerprint density at radius 1 is 1.38 bits per heavy atom. The first-order chi connectivity index (χ1) is 6.38. The summed E-state index contributed by atoms with van der Waals surface area (Å²) in [4.78, 5) is 0. The molecule has 0 aromatic heterocycles. The molecule has 13 heavy (non-hydrogen) atoms. The smallest absolute Gasteiger partial charge is 0.168 e. The highest BCUT2D eigenvalue weighted by Gasteiger charge is 2.10. The van der Waals surface area contributed by atoms with E-state index in [4.69, 9.17) is 10.2 Å². The van der Waals surface area contributed by atoms with Crippen LogP contribution in [0.3, 0.4) is 0 Å². The number of hydrogen-bond donors (Lipinski definition) is 1. The maximum atomic E-state index is 5.56. The zero-order valence-corrected chi connectivity index (χ0v) is 9.49. The van der Waals surface area contributed by atoms with E-state index in [1.54, 1.807) is 7.11 Å². The molecule has 0 spiro atoms. The van der Waals surface area contributed by atoms with Crippen LogP contribution in [0.5, 0.6) is 0 Å². The molecule has 0 saturated carbocycles. The van der Waals surface area contributed by atoms with Crippen molar-refractivity contribution in [2.45, 2.75) is 12.0 Å². The van der Waals surface area contributed by atoms with E-state index in [1.165, 1.54) is 5.56 Å². The summed E-state index contributed by atoms with van der Waals surface area (Å²) >= 11 is 0. The molecule has 0 radical (unpaired) electrons. The lowest BCUT2D eigenvalue weighted by Crippen LogP contribution is -2.14. The van der Waals surface area contributed by atoms with Gasteiger partial charge >= 0.3 is 0 Å². The molecule has 0 saturated heterocycles. The maximum absolute atomic E-state index is 5.56. The van der Waals surface area contributed by atoms with Crippen LogP contribution in [0, 0.1) is 0 Å². The van der Waals surface area contributed by atoms with Gasteiger partial charge in [0.2, 0.25) is 0 Å². The molecule has 0 aliphatic heterocycles. The van der Waals surface area contributed by atoms with E-state index in [-0.39, 0.29) is 0 Å². The molecule has 1 atom stereocenters. The first kappa shape index (κ1) is 10.4. The Balaban J connectivity index is 2.64. The fraction of sp³-hybridized carbons (Fsp3) is 0.400. The van der Waals surface area contributed by atoms with Crippen LogP contribution in [0.1, 0.15) is 17.5 Å². The van der Waals surface area contributed by atoms with Crippen molar-refractivity contribution in [3.63, 3.8) is 0 Å². The highest BCUT2D eigenvalue weighted by atomic mass is 28.2. The van der Waals surface area contributed by atoms with Crippen molar-refractivity contribution >= 4 is 9.76 Å². The van der Waals surface area contributed by atoms with Gasteiger partial charge in [0.05, 0.1) is 0 Å². The van der Waals surface area contributed by atoms with Crippen LogP contribution in [0.15, 0.2) is 30.3 Å². The van der Waals surface area contributed by atoms with Gasteiger partial charge < -0.3 is 10.2 Å². The van der Waals surface area contributed by atoms with Gasteiger partial charge in [-0.2, -0.15) is 0 Å². The fourth-order valence-electron chi connectivity index (χ4n) is 1.47. The van der Waals surface area contributed by atoms with Gasteiger partial charge in [-0.3, -0.25) is 0 Å². The maximum Gasteiger partial charge on any atom is 0.168 e. The number of hydrogen-bond acceptors (Lipinski definition) is 2. The second kappa shape index (κ2) is 5.91. The molecule has 0 aliphatic rings. The van der Waals surface area contributed by atoms with Gasteiger partial charge in [0.25, 0.3) is 0 Å². The first-order valence-electron chi connectivity index (χ1n) is 4.62. The molecule has 0 heterocycles. The van der Waals surface area contributed by atoms with Gasteiger partial charge in [-0.05, 0) is 24.1 Å². The van der Waals surface area contributed by atoms with Gasteiger partial charge in [0, 0.05) is 7.11 Å². The number of benzene rings is 1. The quantitative estimate of drug-likeness (QED) is 0.706. The lowest BCUT2D eigenvalue weighted by Gasteiger charge is -2.14. The zero-order valence-electron chi connectivity index (χ0n) is 8.07. The summed E-state index contributed by atoms with van der Waals surface area (Å²) in [5, 5.41) is 0. The Morgan fingerprint density at radius 2 is 2.08 bits per heavy atom. The van der Waals surface area contributed by atoms with Gasteiger partial charge in [0.15, 0.2) is 9.76 Å². The highest BCUT2D eigenvalue weighted by molar-refractivity contribution is 6.29. The molecule has 1 aromatic carbocycles. The highest BCUT2D eigenvalue weighted by Crippen LogP contribution is 2.17. The molecule has 0 aliphatic carbocycles. The molecule has 72 valence electrons. The van der Waals surface area contributed by atoms with Crippen molar-refractivity contribution in [3.05, 3.63) is 35.9 Å². The minimum absolute atomic E-state index is 0.454. The standard InChI is InChI=1S/C10H17NOSi/c1-12-13-10(7-8-11)9-5-3-2-4-6-9/h2-6,10H,7-8,11,13H2,1H3. The van der Waals surface area contributed by atoms with Gasteiger partial charge in [-0.25, -0.2) is 0 Å². The van der Waals surface area contributed by atoms with Gasteiger partial charge in [-0.1, -0.05) is 30.3 Å². The Kier molecular flexibility index (Phi) is 4.75. The molecule has 3 heteroatoms. The third-order valence-corrected chi connectivity index (χ3v) is 3.77. The molecule has 0 bridgehead atoms. The molecule has 1 aromatic rings. The summed E-state index contributed by atoms with van der Waals surface area (Å²) in [6.45, 7) is 0.746. The minimum Gasteiger partial charge on any atom is -0.427 e. The van der Waals surface area contributed by atoms with Crippen LogP contribution in [-0.4, -0.2) is 23.4 Å². The predicted octanol–water partition coefficient (Wildman–Crippen LogP) is 0.807. The Hall–Kier alpha value is -0.643. The van der Waals surface area contributed by atoms with Crippen LogP contribution in [0.4, 0.5) is 0 Å². The first-order valence-corrected chi connectivity index (χ1v) is 6.01. The van der Waals surface area contributed by atoms with Crippen molar-refractivity contribution in [3.8, 4) is 0 Å². The van der Waals surface area contributed by atoms with Crippen LogP contribution in [0.2, 0.25) is 0 Å². The summed E-state index contributed by atoms with van der Waals surface area (Å²) < 4.78 is 5.29. The zero-order chi connectivity index (χ0) is 9.52. The molecule has 2 nitrogen and oxygen atoms in total. The molecule has 1 rings (SSSR count). The van der Waals surface area contributed by atoms with E-state index in [2.05, 4.69) is 24.3 Å². The average molecular weight is 195 g/mol. The number of rotatable bonds is 5. The van der Waals surface area contributed by atoms with Crippen molar-refractivity contribution < 1.29 is 4.43 Å². The summed E-state index contributed by atoms with van der Waals surface area (Å²) in [6.07, 6.45) is 1.05. The van der Waals surface area contributed by atoms with Crippen molar-refractivity contribution in [1.29, 1.82) is 0 Å². The van der Waals surface area contributed by atoms with Gasteiger partial charge in [-0.15, -0.1) is 0 Å². The lowest BCUT2D eigenvalue weighted by atomic mass is 10.1. The second-order valence-electron chi connectivity index (χ2n) is 3.14. The predicted molar refractivity (Wildman–Crippen MR) is 58.4 cm³/mol. The molecule has 2 N–H and O–H groups in total. The third-order valence-electron chi connectivity index (χ3n) is 2.15. The summed E-state index contributed by atoms with van der Waals surface area (Å²) in [5.41, 5.74) is 7.52. The normalized spacial score (nSPS) is 13.7. The van der Waals surface area contributed by atoms with E-state index in [0.717, 1.165) is 13.0 Å². The van der Waals surface area contributed by atoms with Gasteiger partial charge in [0.1, 0.15) is 0 Å². The average Bonchev–Trinajstić information content (AvgIpc) is 2.19. The van der Waals surface area contributed by atoms with E-state index < -0.39 is 9.76 Å². The lowest BCUT2D eigenvalue weighted by molar-refractivity contribution is 0.429. The fourth-order valence-corrected chi connectivity index (χ4v) is 2.74. The topological polar surface area (TPSA) is 35.2 Å². The van der Waals surface area contributed by atoms with E-state index in [0.29, 0.717) is 5.54 Å². The Bertz CT molecular complexity index is 222. The SMILES string of the molecule is CO[SiH2]C(CCN)c1ccccc1. The summed E-state index contributed by atoms with van der Waals surface area (Å²) in [5.74, 6) is 0. The molecule has 0 amide bonds. The van der Waals surface area contributed by atoms with Crippen LogP contribution in [-0.2, 0) is 4.43 Å². The monoisotopic (exact) mass is 195 g/mol. The Morgan fingerprint density at radius 3 is 2.62 bits per heavy atom. The van der Waals surface area contributed by atoms with E-state index in [9.17, 15) is 0 Å². The van der Waals surface area contributed by atoms with Crippen LogP contribution < -0.4 is 5.73 Å². The molecular weight excluding hydrogens is 178 g/mol. The molecule has 1 unspecified atom stereocenters. The van der Waals surface area contributed by atoms with Crippen molar-refractivity contribution in [1.82, 2.24) is 0 Å². The third kappa shape index (κ3) is 3.30. The largest absolute Gasteiger partial charge is 0.427 e. The number of nitrogens with two attached hydrogens (primary N) is 1. The minimum atomic E-state index is -0.454. The van der Waals surface area contributed by atoms with Crippen LogP contribution in [0.25, 0.3) is 0 Å².